The minimum absolute atomic E-state index is 0.122. The van der Waals surface area contributed by atoms with E-state index in [9.17, 15) is 34.1 Å². The summed E-state index contributed by atoms with van der Waals surface area (Å²) in [6.45, 7) is 2.21. The van der Waals surface area contributed by atoms with Crippen LogP contribution in [0, 0.1) is 0 Å². The van der Waals surface area contributed by atoms with Gasteiger partial charge in [0, 0.05) is 12.8 Å². The van der Waals surface area contributed by atoms with E-state index in [1.165, 1.54) is 25.7 Å². The van der Waals surface area contributed by atoms with E-state index in [4.69, 9.17) is 9.26 Å². The van der Waals surface area contributed by atoms with Crippen LogP contribution in [0.4, 0.5) is 0 Å². The smallest absolute Gasteiger partial charge is 0.472 e. The van der Waals surface area contributed by atoms with Crippen LogP contribution in [0.5, 0.6) is 0 Å². The van der Waals surface area contributed by atoms with Crippen molar-refractivity contribution in [3.05, 3.63) is 48.6 Å². The van der Waals surface area contributed by atoms with Crippen molar-refractivity contribution >= 4 is 25.7 Å². The lowest BCUT2D eigenvalue weighted by Gasteiger charge is -2.18. The van der Waals surface area contributed by atoms with Crippen LogP contribution in [-0.2, 0) is 32.7 Å². The van der Waals surface area contributed by atoms with Gasteiger partial charge in [0.1, 0.15) is 12.7 Å². The molecule has 4 N–H and O–H groups in total. The van der Waals surface area contributed by atoms with Crippen LogP contribution in [0.25, 0.3) is 0 Å². The molecule has 270 valence electrons. The first-order chi connectivity index (χ1) is 22.6. The number of ether oxygens (including phenoxy) is 1. The van der Waals surface area contributed by atoms with Gasteiger partial charge in [-0.15, -0.1) is 0 Å². The molecule has 47 heavy (non-hydrogen) atoms. The first kappa shape index (κ1) is 44.4. The fourth-order valence-corrected chi connectivity index (χ4v) is 4.87. The van der Waals surface area contributed by atoms with Gasteiger partial charge < -0.3 is 25.2 Å². The summed E-state index contributed by atoms with van der Waals surface area (Å²) in [4.78, 5) is 45.0. The molecule has 3 unspecified atom stereocenters. The Morgan fingerprint density at radius 2 is 1.19 bits per heavy atom. The average Bonchev–Trinajstić information content (AvgIpc) is 3.04. The molecule has 0 aromatic carbocycles. The molecule has 0 radical (unpaired) electrons. The number of carboxylic acids is 1. The van der Waals surface area contributed by atoms with Crippen LogP contribution in [0.1, 0.15) is 123 Å². The summed E-state index contributed by atoms with van der Waals surface area (Å²) >= 11 is 0. The molecular weight excluding hydrogens is 625 g/mol. The molecule has 0 aliphatic carbocycles. The Balaban J connectivity index is 3.97. The Morgan fingerprint density at radius 3 is 1.77 bits per heavy atom. The van der Waals surface area contributed by atoms with E-state index in [2.05, 4.69) is 65.4 Å². The number of rotatable bonds is 31. The number of aliphatic hydroxyl groups excluding tert-OH is 1. The maximum Gasteiger partial charge on any atom is 0.472 e. The number of aliphatic carboxylic acids is 1. The third kappa shape index (κ3) is 30.5. The second-order valence-electron chi connectivity index (χ2n) is 11.4. The first-order valence-corrected chi connectivity index (χ1v) is 18.7. The summed E-state index contributed by atoms with van der Waals surface area (Å²) in [6, 6.07) is -1.55. The molecule has 1 amide bonds. The van der Waals surface area contributed by atoms with Gasteiger partial charge in [0.05, 0.1) is 13.2 Å². The van der Waals surface area contributed by atoms with Crippen LogP contribution >= 0.6 is 7.82 Å². The van der Waals surface area contributed by atoms with Crippen LogP contribution in [0.15, 0.2) is 48.6 Å². The standard InChI is InChI=1S/C35H60NO10P/c1-3-5-7-8-9-10-11-12-13-14-15-16-17-18-19-20-21-22-23-24-25-26-33(38)36-32(35(40)41)30-46-47(42,43)45-29-31(37)28-44-34(39)27-6-4-2/h9-10,12-13,15-16,18-19,31-32,37H,3-8,11,14,17,20-30H2,1-2H3,(H,36,38)(H,40,41)(H,42,43)/b10-9-,13-12-,16-15-,19-18-. The second-order valence-corrected chi connectivity index (χ2v) is 12.8. The number of carboxylic acid groups (broad SMARTS) is 1. The fourth-order valence-electron chi connectivity index (χ4n) is 4.10. The number of hydrogen-bond acceptors (Lipinski definition) is 8. The Bertz CT molecular complexity index is 995. The SMILES string of the molecule is CCCCC/C=C\C/C=C\C/C=C\C/C=C\CCCCCCCC(=O)NC(COP(=O)(O)OCC(O)COC(=O)CCCC)C(=O)O. The van der Waals surface area contributed by atoms with E-state index in [1.54, 1.807) is 0 Å². The number of esters is 1. The van der Waals surface area contributed by atoms with Crippen molar-refractivity contribution in [1.29, 1.82) is 0 Å². The fraction of sp³-hybridized carbons (Fsp3) is 0.686. The van der Waals surface area contributed by atoms with E-state index in [1.807, 2.05) is 6.92 Å². The maximum absolute atomic E-state index is 12.2. The van der Waals surface area contributed by atoms with E-state index in [-0.39, 0.29) is 12.8 Å². The van der Waals surface area contributed by atoms with Gasteiger partial charge in [0.2, 0.25) is 5.91 Å². The van der Waals surface area contributed by atoms with Gasteiger partial charge in [0.25, 0.3) is 0 Å². The van der Waals surface area contributed by atoms with Crippen LogP contribution in [0.3, 0.4) is 0 Å². The summed E-state index contributed by atoms with van der Waals surface area (Å²) in [6.07, 6.45) is 31.4. The van der Waals surface area contributed by atoms with E-state index < -0.39 is 57.6 Å². The summed E-state index contributed by atoms with van der Waals surface area (Å²) < 4.78 is 26.2. The summed E-state index contributed by atoms with van der Waals surface area (Å²) in [5, 5.41) is 21.4. The van der Waals surface area contributed by atoms with Gasteiger partial charge in [-0.05, 0) is 57.8 Å². The average molecular weight is 686 g/mol. The zero-order chi connectivity index (χ0) is 35.0. The summed E-state index contributed by atoms with van der Waals surface area (Å²) in [5.41, 5.74) is 0. The Morgan fingerprint density at radius 1 is 0.681 bits per heavy atom. The van der Waals surface area contributed by atoms with Crippen molar-refractivity contribution in [3.63, 3.8) is 0 Å². The highest BCUT2D eigenvalue weighted by Crippen LogP contribution is 2.43. The number of allylic oxidation sites excluding steroid dienone is 8. The number of phosphoric ester groups is 1. The molecular formula is C35H60NO10P. The van der Waals surface area contributed by atoms with Gasteiger partial charge >= 0.3 is 19.8 Å². The third-order valence-electron chi connectivity index (χ3n) is 6.87. The molecule has 0 aromatic rings. The second kappa shape index (κ2) is 30.8. The van der Waals surface area contributed by atoms with Crippen molar-refractivity contribution in [2.45, 2.75) is 135 Å². The van der Waals surface area contributed by atoms with E-state index in [0.29, 0.717) is 12.8 Å². The highest BCUT2D eigenvalue weighted by molar-refractivity contribution is 7.47. The molecule has 0 aliphatic heterocycles. The van der Waals surface area contributed by atoms with Crippen molar-refractivity contribution in [2.75, 3.05) is 19.8 Å². The molecule has 0 aromatic heterocycles. The number of carbonyl (C=O) groups excluding carboxylic acids is 2. The van der Waals surface area contributed by atoms with Crippen molar-refractivity contribution in [2.24, 2.45) is 0 Å². The highest BCUT2D eigenvalue weighted by Gasteiger charge is 2.28. The van der Waals surface area contributed by atoms with Crippen molar-refractivity contribution in [1.82, 2.24) is 5.32 Å². The summed E-state index contributed by atoms with van der Waals surface area (Å²) in [7, 11) is -4.74. The van der Waals surface area contributed by atoms with Gasteiger partial charge in [-0.1, -0.05) is 101 Å². The van der Waals surface area contributed by atoms with Crippen molar-refractivity contribution in [3.8, 4) is 0 Å². The number of unbranched alkanes of at least 4 members (excludes halogenated alkanes) is 9. The molecule has 0 aliphatic rings. The Kier molecular flexibility index (Phi) is 29.1. The zero-order valence-corrected chi connectivity index (χ0v) is 29.5. The largest absolute Gasteiger partial charge is 0.480 e. The van der Waals surface area contributed by atoms with Crippen LogP contribution in [-0.4, -0.2) is 64.9 Å². The minimum atomic E-state index is -4.74. The highest BCUT2D eigenvalue weighted by atomic mass is 31.2. The Labute approximate surface area is 282 Å². The predicted octanol–water partition coefficient (Wildman–Crippen LogP) is 7.49. The number of phosphoric acid groups is 1. The van der Waals surface area contributed by atoms with Crippen LogP contribution < -0.4 is 5.32 Å². The van der Waals surface area contributed by atoms with E-state index >= 15 is 0 Å². The lowest BCUT2D eigenvalue weighted by Crippen LogP contribution is -2.43. The van der Waals surface area contributed by atoms with Gasteiger partial charge in [-0.2, -0.15) is 0 Å². The molecule has 0 rings (SSSR count). The Hall–Kier alpha value is -2.56. The number of hydrogen-bond donors (Lipinski definition) is 4. The lowest BCUT2D eigenvalue weighted by atomic mass is 10.1. The van der Waals surface area contributed by atoms with Crippen LogP contribution in [0.2, 0.25) is 0 Å². The maximum atomic E-state index is 12.2. The third-order valence-corrected chi connectivity index (χ3v) is 7.82. The first-order valence-electron chi connectivity index (χ1n) is 17.2. The summed E-state index contributed by atoms with van der Waals surface area (Å²) in [5.74, 6) is -2.45. The monoisotopic (exact) mass is 685 g/mol. The quantitative estimate of drug-likeness (QED) is 0.0248. The lowest BCUT2D eigenvalue weighted by molar-refractivity contribution is -0.147. The minimum Gasteiger partial charge on any atom is -0.480 e. The number of aliphatic hydroxyl groups is 1. The van der Waals surface area contributed by atoms with Gasteiger partial charge in [0.15, 0.2) is 6.04 Å². The van der Waals surface area contributed by atoms with Gasteiger partial charge in [-0.25, -0.2) is 9.36 Å². The molecule has 11 nitrogen and oxygen atoms in total. The molecule has 12 heteroatoms. The molecule has 0 bridgehead atoms. The molecule has 0 spiro atoms. The topological polar surface area (TPSA) is 169 Å². The zero-order valence-electron chi connectivity index (χ0n) is 28.6. The number of amides is 1. The van der Waals surface area contributed by atoms with E-state index in [0.717, 1.165) is 57.8 Å². The predicted molar refractivity (Wildman–Crippen MR) is 185 cm³/mol. The van der Waals surface area contributed by atoms with Gasteiger partial charge in [-0.3, -0.25) is 18.6 Å². The molecule has 3 atom stereocenters. The number of nitrogens with one attached hydrogen (secondary N) is 1. The molecule has 0 fully saturated rings. The van der Waals surface area contributed by atoms with Crippen molar-refractivity contribution < 1.29 is 47.8 Å². The number of carbonyl (C=O) groups is 3. The molecule has 0 heterocycles. The molecule has 0 saturated carbocycles. The molecule has 0 saturated heterocycles. The normalized spacial score (nSPS) is 14.6.